The molecule has 0 radical (unpaired) electrons. The van der Waals surface area contributed by atoms with E-state index in [1.165, 1.54) is 11.8 Å². The molecule has 8 heteroatoms. The Hall–Kier alpha value is -1.67. The molecule has 2 aromatic rings. The molecule has 0 atom stereocenters. The molecule has 23 heavy (non-hydrogen) atoms. The van der Waals surface area contributed by atoms with Crippen molar-refractivity contribution in [2.75, 3.05) is 17.3 Å². The molecule has 0 saturated carbocycles. The minimum absolute atomic E-state index is 0.117. The molecular weight excluding hydrogens is 332 g/mol. The molecule has 1 heterocycles. The Kier molecular flexibility index (Phi) is 6.79. The average Bonchev–Trinajstić information content (AvgIpc) is 2.91. The van der Waals surface area contributed by atoms with E-state index in [4.69, 9.17) is 0 Å². The first-order valence-electron chi connectivity index (χ1n) is 7.36. The lowest BCUT2D eigenvalue weighted by molar-refractivity contribution is -0.113. The van der Waals surface area contributed by atoms with Gasteiger partial charge < -0.3 is 5.32 Å². The Bertz CT molecular complexity index is 711. The van der Waals surface area contributed by atoms with Gasteiger partial charge in [0.05, 0.1) is 11.4 Å². The van der Waals surface area contributed by atoms with Crippen LogP contribution in [0.15, 0.2) is 39.1 Å². The molecule has 0 spiro atoms. The topological polar surface area (TPSA) is 79.8 Å². The van der Waals surface area contributed by atoms with E-state index in [2.05, 4.69) is 22.4 Å². The molecule has 0 unspecified atom stereocenters. The summed E-state index contributed by atoms with van der Waals surface area (Å²) in [5.74, 6) is 0.0908. The molecule has 6 nitrogen and oxygen atoms in total. The van der Waals surface area contributed by atoms with Crippen molar-refractivity contribution in [2.45, 2.75) is 36.4 Å². The van der Waals surface area contributed by atoms with Gasteiger partial charge in [-0.3, -0.25) is 9.36 Å². The number of hydrogen-bond donors (Lipinski definition) is 2. The number of para-hydroxylation sites is 1. The van der Waals surface area contributed by atoms with Crippen molar-refractivity contribution in [1.82, 2.24) is 14.8 Å². The maximum atomic E-state index is 12.1. The summed E-state index contributed by atoms with van der Waals surface area (Å²) in [6, 6.07) is 7.66. The standard InChI is InChI=1S/C15H20N4O2S2/c1-3-4-9-19-14(21)17-18-15(19)23-10-13(20)16-11-7-5-6-8-12(11)22-2/h5-8H,3-4,9-10H2,1-2H3,(H,16,20)(H,17,21). The molecule has 0 bridgehead atoms. The van der Waals surface area contributed by atoms with Crippen LogP contribution in [-0.2, 0) is 11.3 Å². The van der Waals surface area contributed by atoms with Crippen molar-refractivity contribution in [2.24, 2.45) is 0 Å². The van der Waals surface area contributed by atoms with Crippen molar-refractivity contribution in [3.05, 3.63) is 34.7 Å². The fraction of sp³-hybridized carbons (Fsp3) is 0.400. The van der Waals surface area contributed by atoms with E-state index in [0.29, 0.717) is 11.7 Å². The number of carbonyl (C=O) groups excluding carboxylic acids is 1. The number of carbonyl (C=O) groups is 1. The number of aromatic nitrogens is 3. The van der Waals surface area contributed by atoms with Gasteiger partial charge in [0, 0.05) is 11.4 Å². The first kappa shape index (κ1) is 17.7. The molecule has 0 aliphatic carbocycles. The lowest BCUT2D eigenvalue weighted by Crippen LogP contribution is -2.19. The van der Waals surface area contributed by atoms with Crippen LogP contribution in [0.1, 0.15) is 19.8 Å². The van der Waals surface area contributed by atoms with Crippen LogP contribution >= 0.6 is 23.5 Å². The monoisotopic (exact) mass is 352 g/mol. The van der Waals surface area contributed by atoms with Gasteiger partial charge in [-0.05, 0) is 24.8 Å². The fourth-order valence-electron chi connectivity index (χ4n) is 1.99. The molecule has 0 aliphatic heterocycles. The van der Waals surface area contributed by atoms with Gasteiger partial charge >= 0.3 is 5.69 Å². The quantitative estimate of drug-likeness (QED) is 0.714. The maximum Gasteiger partial charge on any atom is 0.343 e. The minimum atomic E-state index is -0.228. The third kappa shape index (κ3) is 4.90. The Balaban J connectivity index is 1.96. The number of benzene rings is 1. The molecular formula is C15H20N4O2S2. The summed E-state index contributed by atoms with van der Waals surface area (Å²) in [7, 11) is 0. The van der Waals surface area contributed by atoms with E-state index in [1.807, 2.05) is 30.5 Å². The average molecular weight is 352 g/mol. The minimum Gasteiger partial charge on any atom is -0.324 e. The van der Waals surface area contributed by atoms with Crippen molar-refractivity contribution in [3.63, 3.8) is 0 Å². The van der Waals surface area contributed by atoms with E-state index in [1.54, 1.807) is 16.3 Å². The fourth-order valence-corrected chi connectivity index (χ4v) is 3.32. The van der Waals surface area contributed by atoms with E-state index >= 15 is 0 Å². The Labute approximate surface area is 143 Å². The largest absolute Gasteiger partial charge is 0.343 e. The van der Waals surface area contributed by atoms with E-state index < -0.39 is 0 Å². The summed E-state index contributed by atoms with van der Waals surface area (Å²) >= 11 is 2.84. The summed E-state index contributed by atoms with van der Waals surface area (Å²) < 4.78 is 1.58. The lowest BCUT2D eigenvalue weighted by Gasteiger charge is -2.09. The molecule has 2 rings (SSSR count). The van der Waals surface area contributed by atoms with Gasteiger partial charge in [-0.15, -0.1) is 16.9 Å². The molecule has 1 amide bonds. The number of nitrogens with zero attached hydrogens (tertiary/aromatic N) is 2. The summed E-state index contributed by atoms with van der Waals surface area (Å²) in [6.45, 7) is 2.68. The Morgan fingerprint density at radius 1 is 1.39 bits per heavy atom. The molecule has 1 aromatic carbocycles. The van der Waals surface area contributed by atoms with Gasteiger partial charge in [0.25, 0.3) is 0 Å². The number of H-pyrrole nitrogens is 1. The summed E-state index contributed by atoms with van der Waals surface area (Å²) in [6.07, 6.45) is 3.86. The normalized spacial score (nSPS) is 10.7. The molecule has 0 saturated heterocycles. The van der Waals surface area contributed by atoms with E-state index in [-0.39, 0.29) is 17.3 Å². The maximum absolute atomic E-state index is 12.1. The van der Waals surface area contributed by atoms with E-state index in [0.717, 1.165) is 23.4 Å². The summed E-state index contributed by atoms with van der Waals surface area (Å²) in [5, 5.41) is 9.87. The second-order valence-electron chi connectivity index (χ2n) is 4.85. The zero-order valence-electron chi connectivity index (χ0n) is 13.2. The van der Waals surface area contributed by atoms with E-state index in [9.17, 15) is 9.59 Å². The number of aromatic amines is 1. The van der Waals surface area contributed by atoms with Crippen LogP contribution < -0.4 is 11.0 Å². The van der Waals surface area contributed by atoms with Gasteiger partial charge in [0.1, 0.15) is 0 Å². The van der Waals surface area contributed by atoms with Gasteiger partial charge in [0.15, 0.2) is 5.16 Å². The van der Waals surface area contributed by atoms with Crippen molar-refractivity contribution >= 4 is 35.1 Å². The Morgan fingerprint density at radius 3 is 2.91 bits per heavy atom. The molecule has 0 fully saturated rings. The highest BCUT2D eigenvalue weighted by Crippen LogP contribution is 2.25. The zero-order valence-corrected chi connectivity index (χ0v) is 14.8. The molecule has 0 aliphatic rings. The summed E-state index contributed by atoms with van der Waals surface area (Å²) in [5.41, 5.74) is 0.574. The third-order valence-electron chi connectivity index (χ3n) is 3.17. The molecule has 1 aromatic heterocycles. The SMILES string of the molecule is CCCCn1c(SCC(=O)Nc2ccccc2SC)n[nH]c1=O. The van der Waals surface area contributed by atoms with Gasteiger partial charge in [-0.1, -0.05) is 37.2 Å². The smallest absolute Gasteiger partial charge is 0.324 e. The second-order valence-corrected chi connectivity index (χ2v) is 6.64. The first-order valence-corrected chi connectivity index (χ1v) is 9.57. The number of amides is 1. The lowest BCUT2D eigenvalue weighted by atomic mass is 10.3. The van der Waals surface area contributed by atoms with Crippen LogP contribution in [0.2, 0.25) is 0 Å². The van der Waals surface area contributed by atoms with Crippen LogP contribution in [0.4, 0.5) is 5.69 Å². The Morgan fingerprint density at radius 2 is 2.17 bits per heavy atom. The van der Waals surface area contributed by atoms with Gasteiger partial charge in [-0.2, -0.15) is 0 Å². The predicted octanol–water partition coefficient (Wildman–Crippen LogP) is 2.82. The van der Waals surface area contributed by atoms with Crippen LogP contribution in [-0.4, -0.2) is 32.7 Å². The number of rotatable bonds is 8. The molecule has 2 N–H and O–H groups in total. The second kappa shape index (κ2) is 8.83. The number of nitrogens with one attached hydrogen (secondary N) is 2. The predicted molar refractivity (Wildman–Crippen MR) is 95.3 cm³/mol. The number of anilines is 1. The van der Waals surface area contributed by atoms with Crippen LogP contribution in [0.3, 0.4) is 0 Å². The van der Waals surface area contributed by atoms with Crippen LogP contribution in [0, 0.1) is 0 Å². The zero-order chi connectivity index (χ0) is 16.7. The van der Waals surface area contributed by atoms with Gasteiger partial charge in [0.2, 0.25) is 5.91 Å². The van der Waals surface area contributed by atoms with Crippen LogP contribution in [0.25, 0.3) is 0 Å². The van der Waals surface area contributed by atoms with Gasteiger partial charge in [-0.25, -0.2) is 9.89 Å². The third-order valence-corrected chi connectivity index (χ3v) is 4.94. The number of unbranched alkanes of at least 4 members (excludes halogenated alkanes) is 1. The van der Waals surface area contributed by atoms with Crippen LogP contribution in [0.5, 0.6) is 0 Å². The highest BCUT2D eigenvalue weighted by molar-refractivity contribution is 7.99. The summed E-state index contributed by atoms with van der Waals surface area (Å²) in [4.78, 5) is 24.8. The highest BCUT2D eigenvalue weighted by atomic mass is 32.2. The van der Waals surface area contributed by atoms with Crippen molar-refractivity contribution in [1.29, 1.82) is 0 Å². The number of hydrogen-bond acceptors (Lipinski definition) is 5. The van der Waals surface area contributed by atoms with Crippen molar-refractivity contribution < 1.29 is 4.79 Å². The number of thioether (sulfide) groups is 2. The first-order chi connectivity index (χ1) is 11.2. The molecule has 124 valence electrons. The van der Waals surface area contributed by atoms with Crippen molar-refractivity contribution in [3.8, 4) is 0 Å². The highest BCUT2D eigenvalue weighted by Gasteiger charge is 2.12.